The Morgan fingerprint density at radius 1 is 0.909 bits per heavy atom. The maximum absolute atomic E-state index is 12.7. The fraction of sp³-hybridized carbons (Fsp3) is 0.286. The number of aromatic nitrogens is 1. The number of hydrogen-bond donors (Lipinski definition) is 5. The number of nitrogen functional groups attached to an aromatic ring is 1. The van der Waals surface area contributed by atoms with Crippen molar-refractivity contribution in [1.82, 2.24) is 20.9 Å². The van der Waals surface area contributed by atoms with Crippen LogP contribution in [0.4, 0.5) is 5.82 Å². The number of pyridine rings is 1. The van der Waals surface area contributed by atoms with E-state index in [1.54, 1.807) is 37.6 Å². The molecule has 0 aliphatic heterocycles. The molecular formula is C35H41N5O4. The van der Waals surface area contributed by atoms with Gasteiger partial charge in [-0.05, 0) is 72.9 Å². The lowest BCUT2D eigenvalue weighted by Crippen LogP contribution is -2.32. The number of ether oxygens (including phenoxy) is 1. The first-order valence-corrected chi connectivity index (χ1v) is 14.7. The monoisotopic (exact) mass is 595 g/mol. The Kier molecular flexibility index (Phi) is 11.5. The molecule has 1 heterocycles. The number of aliphatic hydroxyl groups is 1. The number of hydrogen-bond acceptors (Lipinski definition) is 7. The lowest BCUT2D eigenvalue weighted by atomic mass is 10.0. The maximum atomic E-state index is 12.7. The van der Waals surface area contributed by atoms with Gasteiger partial charge < -0.3 is 31.5 Å². The first kappa shape index (κ1) is 32.2. The molecular weight excluding hydrogens is 554 g/mol. The Balaban J connectivity index is 1.20. The smallest absolute Gasteiger partial charge is 0.251 e. The fourth-order valence-electron chi connectivity index (χ4n) is 4.82. The van der Waals surface area contributed by atoms with E-state index in [9.17, 15) is 14.7 Å². The lowest BCUT2D eigenvalue weighted by Gasteiger charge is -2.18. The zero-order valence-corrected chi connectivity index (χ0v) is 25.4. The molecule has 3 unspecified atom stereocenters. The summed E-state index contributed by atoms with van der Waals surface area (Å²) in [4.78, 5) is 29.5. The SMILES string of the molecule is COc1ccc(C(C)NC(=O)c2ccc(CNC(=O)Cc3cccc(CC(C)NCC(O)c4ccc(N)nc4)c3)cc2)cc1. The van der Waals surface area contributed by atoms with E-state index in [-0.39, 0.29) is 30.3 Å². The zero-order valence-electron chi connectivity index (χ0n) is 25.4. The number of methoxy groups -OCH3 is 1. The molecule has 3 aromatic carbocycles. The Morgan fingerprint density at radius 3 is 2.30 bits per heavy atom. The van der Waals surface area contributed by atoms with E-state index in [0.717, 1.165) is 34.4 Å². The molecule has 4 rings (SSSR count). The fourth-order valence-corrected chi connectivity index (χ4v) is 4.82. The average molecular weight is 596 g/mol. The van der Waals surface area contributed by atoms with Crippen LogP contribution in [0.3, 0.4) is 0 Å². The van der Waals surface area contributed by atoms with Crippen molar-refractivity contribution in [2.45, 2.75) is 51.4 Å². The highest BCUT2D eigenvalue weighted by Gasteiger charge is 2.13. The molecule has 230 valence electrons. The van der Waals surface area contributed by atoms with E-state index in [2.05, 4.69) is 27.9 Å². The van der Waals surface area contributed by atoms with Gasteiger partial charge in [0.15, 0.2) is 0 Å². The number of nitrogens with zero attached hydrogens (tertiary/aromatic N) is 1. The van der Waals surface area contributed by atoms with Crippen molar-refractivity contribution < 1.29 is 19.4 Å². The van der Waals surface area contributed by atoms with Gasteiger partial charge in [0.2, 0.25) is 5.91 Å². The second-order valence-corrected chi connectivity index (χ2v) is 11.0. The molecule has 1 aromatic heterocycles. The van der Waals surface area contributed by atoms with Crippen molar-refractivity contribution in [3.05, 3.63) is 125 Å². The maximum Gasteiger partial charge on any atom is 0.251 e. The molecule has 9 nitrogen and oxygen atoms in total. The Hall–Kier alpha value is -4.73. The summed E-state index contributed by atoms with van der Waals surface area (Å²) >= 11 is 0. The largest absolute Gasteiger partial charge is 0.497 e. The van der Waals surface area contributed by atoms with Crippen molar-refractivity contribution in [1.29, 1.82) is 0 Å². The van der Waals surface area contributed by atoms with Crippen molar-refractivity contribution in [2.24, 2.45) is 0 Å². The summed E-state index contributed by atoms with van der Waals surface area (Å²) in [6, 6.07) is 26.2. The summed E-state index contributed by atoms with van der Waals surface area (Å²) < 4.78 is 5.19. The number of benzene rings is 3. The third-order valence-corrected chi connectivity index (χ3v) is 7.42. The molecule has 0 aliphatic rings. The minimum Gasteiger partial charge on any atom is -0.497 e. The van der Waals surface area contributed by atoms with Crippen LogP contribution in [0.5, 0.6) is 5.75 Å². The highest BCUT2D eigenvalue weighted by molar-refractivity contribution is 5.94. The summed E-state index contributed by atoms with van der Waals surface area (Å²) in [7, 11) is 1.62. The topological polar surface area (TPSA) is 139 Å². The normalized spacial score (nSPS) is 13.0. The van der Waals surface area contributed by atoms with Gasteiger partial charge in [0, 0.05) is 36.5 Å². The quantitative estimate of drug-likeness (QED) is 0.147. The molecule has 0 fully saturated rings. The summed E-state index contributed by atoms with van der Waals surface area (Å²) in [5, 5.41) is 19.8. The van der Waals surface area contributed by atoms with E-state index in [4.69, 9.17) is 10.5 Å². The predicted octanol–water partition coefficient (Wildman–Crippen LogP) is 4.28. The van der Waals surface area contributed by atoms with Gasteiger partial charge in [-0.1, -0.05) is 54.6 Å². The van der Waals surface area contributed by atoms with Crippen LogP contribution in [-0.4, -0.2) is 41.6 Å². The van der Waals surface area contributed by atoms with Crippen LogP contribution in [-0.2, 0) is 24.2 Å². The highest BCUT2D eigenvalue weighted by atomic mass is 16.5. The number of aliphatic hydroxyl groups excluding tert-OH is 1. The Morgan fingerprint density at radius 2 is 1.61 bits per heavy atom. The number of rotatable bonds is 14. The Labute approximate surface area is 258 Å². The van der Waals surface area contributed by atoms with E-state index >= 15 is 0 Å². The van der Waals surface area contributed by atoms with Gasteiger partial charge in [-0.2, -0.15) is 0 Å². The minimum atomic E-state index is -0.678. The van der Waals surface area contributed by atoms with Gasteiger partial charge in [-0.25, -0.2) is 4.98 Å². The van der Waals surface area contributed by atoms with Crippen LogP contribution in [0.1, 0.15) is 64.2 Å². The number of anilines is 1. The second kappa shape index (κ2) is 15.7. The predicted molar refractivity (Wildman–Crippen MR) is 172 cm³/mol. The standard InChI is InChI=1S/C35H41N5O4/c1-23(37-22-32(41)30-13-16-33(36)38-21-30)17-26-5-4-6-27(18-26)19-34(42)39-20-25-7-9-29(10-8-25)35(43)40-24(2)28-11-14-31(44-3)15-12-28/h4-16,18,21,23-24,32,37,41H,17,19-20,22H2,1-3H3,(H2,36,38)(H,39,42)(H,40,43). The summed E-state index contributed by atoms with van der Waals surface area (Å²) in [6.07, 6.45) is 1.92. The van der Waals surface area contributed by atoms with Gasteiger partial charge in [0.05, 0.1) is 25.7 Å². The lowest BCUT2D eigenvalue weighted by molar-refractivity contribution is -0.120. The first-order valence-electron chi connectivity index (χ1n) is 14.7. The number of carbonyl (C=O) groups is 2. The second-order valence-electron chi connectivity index (χ2n) is 11.0. The molecule has 0 aliphatic carbocycles. The van der Waals surface area contributed by atoms with Gasteiger partial charge >= 0.3 is 0 Å². The molecule has 4 aromatic rings. The summed E-state index contributed by atoms with van der Waals surface area (Å²) in [5.74, 6) is 0.944. The van der Waals surface area contributed by atoms with E-state index in [0.29, 0.717) is 30.0 Å². The molecule has 0 spiro atoms. The summed E-state index contributed by atoms with van der Waals surface area (Å²) in [6.45, 7) is 4.76. The van der Waals surface area contributed by atoms with E-state index < -0.39 is 6.10 Å². The van der Waals surface area contributed by atoms with Gasteiger partial charge in [-0.15, -0.1) is 0 Å². The molecule has 3 atom stereocenters. The molecule has 6 N–H and O–H groups in total. The number of amides is 2. The highest BCUT2D eigenvalue weighted by Crippen LogP contribution is 2.18. The van der Waals surface area contributed by atoms with E-state index in [1.807, 2.05) is 67.6 Å². The van der Waals surface area contributed by atoms with Crippen molar-refractivity contribution in [3.8, 4) is 5.75 Å². The molecule has 44 heavy (non-hydrogen) atoms. The minimum absolute atomic E-state index is 0.0799. The molecule has 9 heteroatoms. The van der Waals surface area contributed by atoms with Crippen LogP contribution in [0, 0.1) is 0 Å². The summed E-state index contributed by atoms with van der Waals surface area (Å²) in [5.41, 5.74) is 10.8. The average Bonchev–Trinajstić information content (AvgIpc) is 3.03. The third kappa shape index (κ3) is 9.65. The zero-order chi connectivity index (χ0) is 31.5. The molecule has 0 saturated heterocycles. The molecule has 0 radical (unpaired) electrons. The van der Waals surface area contributed by atoms with Crippen molar-refractivity contribution in [3.63, 3.8) is 0 Å². The van der Waals surface area contributed by atoms with Crippen LogP contribution in [0.15, 0.2) is 91.1 Å². The van der Waals surface area contributed by atoms with E-state index in [1.165, 1.54) is 0 Å². The Bertz CT molecular complexity index is 1510. The van der Waals surface area contributed by atoms with Gasteiger partial charge in [-0.3, -0.25) is 9.59 Å². The van der Waals surface area contributed by atoms with Crippen molar-refractivity contribution in [2.75, 3.05) is 19.4 Å². The van der Waals surface area contributed by atoms with Crippen molar-refractivity contribution >= 4 is 17.6 Å². The first-order chi connectivity index (χ1) is 21.2. The number of nitrogens with one attached hydrogen (secondary N) is 3. The van der Waals surface area contributed by atoms with Crippen LogP contribution in [0.25, 0.3) is 0 Å². The molecule has 0 saturated carbocycles. The van der Waals surface area contributed by atoms with Gasteiger partial charge in [0.1, 0.15) is 11.6 Å². The third-order valence-electron chi connectivity index (χ3n) is 7.42. The van der Waals surface area contributed by atoms with Gasteiger partial charge in [0.25, 0.3) is 5.91 Å². The number of nitrogens with two attached hydrogens (primary N) is 1. The van der Waals surface area contributed by atoms with Crippen LogP contribution < -0.4 is 26.4 Å². The number of carbonyl (C=O) groups excluding carboxylic acids is 2. The van der Waals surface area contributed by atoms with Crippen LogP contribution >= 0.6 is 0 Å². The molecule has 0 bridgehead atoms. The van der Waals surface area contributed by atoms with Crippen LogP contribution in [0.2, 0.25) is 0 Å². The molecule has 2 amide bonds.